The van der Waals surface area contributed by atoms with Crippen molar-refractivity contribution in [1.29, 1.82) is 0 Å². The third-order valence-corrected chi connectivity index (χ3v) is 6.10. The molecule has 1 aliphatic heterocycles. The number of nitrogens with zero attached hydrogens (tertiary/aromatic N) is 6. The summed E-state index contributed by atoms with van der Waals surface area (Å²) in [7, 11) is 2.83. The monoisotopic (exact) mass is 491 g/mol. The van der Waals surface area contributed by atoms with E-state index in [1.54, 1.807) is 4.90 Å². The molecule has 3 heterocycles. The van der Waals surface area contributed by atoms with Gasteiger partial charge in [0.1, 0.15) is 12.4 Å². The van der Waals surface area contributed by atoms with Crippen LogP contribution in [-0.4, -0.2) is 73.0 Å². The predicted octanol–water partition coefficient (Wildman–Crippen LogP) is 0.00910. The Morgan fingerprint density at radius 2 is 1.68 bits per heavy atom. The van der Waals surface area contributed by atoms with Crippen molar-refractivity contribution in [1.82, 2.24) is 28.5 Å². The van der Waals surface area contributed by atoms with Crippen LogP contribution in [0.5, 0.6) is 0 Å². The number of rotatable bonds is 5. The number of aromatic nitrogens is 4. The number of benzene rings is 1. The fourth-order valence-electron chi connectivity index (χ4n) is 3.89. The minimum atomic E-state index is -0.581. The van der Waals surface area contributed by atoms with Gasteiger partial charge in [0.2, 0.25) is 17.1 Å². The minimum Gasteiger partial charge on any atom is -0.339 e. The largest absolute Gasteiger partial charge is 0.339 e. The standard InChI is InChI=1S/C21H23ClFN7O4/c1-26-18-17(19(33)27(2)21(26)34)30(20(22)25-18)12-16(32)29-9-7-28(8-10-29)11-15(31)24-14-5-3-13(23)4-6-14/h3-6H,7-12H2,1-2H3,(H,24,31). The fraction of sp³-hybridized carbons (Fsp3) is 0.381. The van der Waals surface area contributed by atoms with Gasteiger partial charge in [-0.05, 0) is 35.9 Å². The summed E-state index contributed by atoms with van der Waals surface area (Å²) in [6.07, 6.45) is 0. The average Bonchev–Trinajstić information content (AvgIpc) is 3.14. The number of piperazine rings is 1. The smallest absolute Gasteiger partial charge is 0.332 e. The molecule has 0 spiro atoms. The van der Waals surface area contributed by atoms with Gasteiger partial charge in [0.25, 0.3) is 5.56 Å². The molecule has 1 saturated heterocycles. The number of nitrogens with one attached hydrogen (secondary N) is 1. The molecule has 2 aromatic heterocycles. The summed E-state index contributed by atoms with van der Waals surface area (Å²) in [4.78, 5) is 57.6. The van der Waals surface area contributed by atoms with E-state index < -0.39 is 11.2 Å². The van der Waals surface area contributed by atoms with Crippen molar-refractivity contribution < 1.29 is 14.0 Å². The van der Waals surface area contributed by atoms with E-state index in [0.717, 1.165) is 4.57 Å². The maximum Gasteiger partial charge on any atom is 0.332 e. The number of carbonyl (C=O) groups is 2. The third-order valence-electron chi connectivity index (χ3n) is 5.81. The van der Waals surface area contributed by atoms with Crippen LogP contribution in [0.15, 0.2) is 33.9 Å². The van der Waals surface area contributed by atoms with Crippen molar-refractivity contribution in [3.05, 3.63) is 56.2 Å². The lowest BCUT2D eigenvalue weighted by Gasteiger charge is -2.34. The molecule has 0 aliphatic carbocycles. The Kier molecular flexibility index (Phi) is 6.53. The predicted molar refractivity (Wildman–Crippen MR) is 123 cm³/mol. The minimum absolute atomic E-state index is 0.0576. The van der Waals surface area contributed by atoms with Gasteiger partial charge in [-0.2, -0.15) is 4.98 Å². The summed E-state index contributed by atoms with van der Waals surface area (Å²) in [5, 5.41) is 2.66. The van der Waals surface area contributed by atoms with E-state index in [4.69, 9.17) is 11.6 Å². The Balaban J connectivity index is 1.38. The Bertz CT molecular complexity index is 1370. The molecule has 13 heteroatoms. The number of anilines is 1. The van der Waals surface area contributed by atoms with Gasteiger partial charge in [0.15, 0.2) is 11.2 Å². The van der Waals surface area contributed by atoms with Gasteiger partial charge in [-0.1, -0.05) is 0 Å². The zero-order chi connectivity index (χ0) is 24.6. The summed E-state index contributed by atoms with van der Waals surface area (Å²) in [6, 6.07) is 5.51. The quantitative estimate of drug-likeness (QED) is 0.503. The number of carbonyl (C=O) groups excluding carboxylic acids is 2. The van der Waals surface area contributed by atoms with E-state index in [2.05, 4.69) is 10.3 Å². The first-order valence-corrected chi connectivity index (χ1v) is 10.9. The topological polar surface area (TPSA) is 114 Å². The van der Waals surface area contributed by atoms with Crippen molar-refractivity contribution in [2.24, 2.45) is 14.1 Å². The Hall–Kier alpha value is -3.51. The van der Waals surface area contributed by atoms with Crippen LogP contribution in [0.4, 0.5) is 10.1 Å². The maximum absolute atomic E-state index is 13.0. The van der Waals surface area contributed by atoms with Gasteiger partial charge in [-0.25, -0.2) is 9.18 Å². The second-order valence-electron chi connectivity index (χ2n) is 8.06. The van der Waals surface area contributed by atoms with Crippen molar-refractivity contribution in [3.63, 3.8) is 0 Å². The number of aryl methyl sites for hydroxylation is 1. The fourth-order valence-corrected chi connectivity index (χ4v) is 4.12. The molecule has 1 aliphatic rings. The molecule has 1 aromatic carbocycles. The molecule has 11 nitrogen and oxygen atoms in total. The zero-order valence-corrected chi connectivity index (χ0v) is 19.4. The van der Waals surface area contributed by atoms with Crippen LogP contribution in [0.3, 0.4) is 0 Å². The lowest BCUT2D eigenvalue weighted by molar-refractivity contribution is -0.133. The number of halogens is 2. The third kappa shape index (κ3) is 4.59. The molecule has 180 valence electrons. The summed E-state index contributed by atoms with van der Waals surface area (Å²) in [5.74, 6) is -0.870. The van der Waals surface area contributed by atoms with E-state index >= 15 is 0 Å². The highest BCUT2D eigenvalue weighted by Crippen LogP contribution is 2.16. The Morgan fingerprint density at radius 1 is 1.03 bits per heavy atom. The molecule has 1 N–H and O–H groups in total. The van der Waals surface area contributed by atoms with Crippen LogP contribution in [0, 0.1) is 5.82 Å². The molecule has 0 saturated carbocycles. The number of hydrogen-bond acceptors (Lipinski definition) is 6. The summed E-state index contributed by atoms with van der Waals surface area (Å²) >= 11 is 6.20. The van der Waals surface area contributed by atoms with Crippen LogP contribution in [0.2, 0.25) is 5.28 Å². The molecule has 4 rings (SSSR count). The van der Waals surface area contributed by atoms with E-state index in [1.807, 2.05) is 4.90 Å². The van der Waals surface area contributed by atoms with Crippen LogP contribution in [0.1, 0.15) is 0 Å². The molecule has 3 aromatic rings. The first-order chi connectivity index (χ1) is 16.2. The number of imidazole rings is 1. The first-order valence-electron chi connectivity index (χ1n) is 10.5. The van der Waals surface area contributed by atoms with Crippen LogP contribution in [-0.2, 0) is 30.2 Å². The van der Waals surface area contributed by atoms with Gasteiger partial charge >= 0.3 is 5.69 Å². The van der Waals surface area contributed by atoms with Crippen molar-refractivity contribution >= 4 is 40.3 Å². The summed E-state index contributed by atoms with van der Waals surface area (Å²) in [5.41, 5.74) is -0.415. The normalized spacial score (nSPS) is 14.5. The highest BCUT2D eigenvalue weighted by Gasteiger charge is 2.25. The van der Waals surface area contributed by atoms with Crippen molar-refractivity contribution in [2.75, 3.05) is 38.0 Å². The first kappa shape index (κ1) is 23.6. The molecule has 0 bridgehead atoms. The lowest BCUT2D eigenvalue weighted by atomic mass is 10.3. The highest BCUT2D eigenvalue weighted by molar-refractivity contribution is 6.29. The molecule has 0 atom stereocenters. The highest BCUT2D eigenvalue weighted by atomic mass is 35.5. The van der Waals surface area contributed by atoms with Crippen LogP contribution >= 0.6 is 11.6 Å². The van der Waals surface area contributed by atoms with Crippen molar-refractivity contribution in [2.45, 2.75) is 6.54 Å². The van der Waals surface area contributed by atoms with Gasteiger partial charge < -0.3 is 10.2 Å². The Morgan fingerprint density at radius 3 is 2.32 bits per heavy atom. The average molecular weight is 492 g/mol. The van der Waals surface area contributed by atoms with E-state index in [1.165, 1.54) is 47.5 Å². The van der Waals surface area contributed by atoms with Crippen LogP contribution in [0.25, 0.3) is 11.2 Å². The molecule has 2 amide bonds. The van der Waals surface area contributed by atoms with Gasteiger partial charge in [0.05, 0.1) is 6.54 Å². The summed E-state index contributed by atoms with van der Waals surface area (Å²) in [6.45, 7) is 1.69. The van der Waals surface area contributed by atoms with Gasteiger partial charge in [-0.15, -0.1) is 0 Å². The molecule has 0 radical (unpaired) electrons. The van der Waals surface area contributed by atoms with Gasteiger partial charge in [-0.3, -0.25) is 33.0 Å². The molecular formula is C21H23ClFN7O4. The van der Waals surface area contributed by atoms with Gasteiger partial charge in [0, 0.05) is 46.0 Å². The molecular weight excluding hydrogens is 469 g/mol. The second-order valence-corrected chi connectivity index (χ2v) is 8.40. The zero-order valence-electron chi connectivity index (χ0n) is 18.6. The number of fused-ring (bicyclic) bond motifs is 1. The van der Waals surface area contributed by atoms with E-state index in [0.29, 0.717) is 31.9 Å². The van der Waals surface area contributed by atoms with Crippen molar-refractivity contribution in [3.8, 4) is 0 Å². The van der Waals surface area contributed by atoms with E-state index in [-0.39, 0.29) is 47.2 Å². The maximum atomic E-state index is 13.0. The lowest BCUT2D eigenvalue weighted by Crippen LogP contribution is -2.51. The molecule has 0 unspecified atom stereocenters. The summed E-state index contributed by atoms with van der Waals surface area (Å²) < 4.78 is 16.5. The Labute approximate surface area is 197 Å². The van der Waals surface area contributed by atoms with E-state index in [9.17, 15) is 23.6 Å². The second kappa shape index (κ2) is 9.39. The number of hydrogen-bond donors (Lipinski definition) is 1. The molecule has 1 fully saturated rings. The number of amides is 2. The van der Waals surface area contributed by atoms with Crippen LogP contribution < -0.4 is 16.6 Å². The molecule has 34 heavy (non-hydrogen) atoms. The SMILES string of the molecule is Cn1c(=O)c2c(nc(Cl)n2CC(=O)N2CCN(CC(=O)Nc3ccc(F)cc3)CC2)n(C)c1=O.